The number of aliphatic hydroxyl groups is 3. The highest BCUT2D eigenvalue weighted by atomic mass is 16.3. The molecule has 1 amide bonds. The maximum atomic E-state index is 11.4. The van der Waals surface area contributed by atoms with E-state index in [0.717, 1.165) is 0 Å². The first kappa shape index (κ1) is 10.4. The van der Waals surface area contributed by atoms with Crippen molar-refractivity contribution in [1.29, 1.82) is 0 Å². The molecule has 1 saturated heterocycles. The molecule has 1 aliphatic heterocycles. The second-order valence-electron chi connectivity index (χ2n) is 3.90. The fourth-order valence-corrected chi connectivity index (χ4v) is 1.32. The largest absolute Gasteiger partial charge is 0.388 e. The summed E-state index contributed by atoms with van der Waals surface area (Å²) < 4.78 is 0. The van der Waals surface area contributed by atoms with Gasteiger partial charge in [0.25, 0.3) is 5.91 Å². The molecule has 76 valence electrons. The molecule has 2 atom stereocenters. The number of rotatable bonds is 1. The van der Waals surface area contributed by atoms with Crippen LogP contribution in [0.4, 0.5) is 0 Å². The summed E-state index contributed by atoms with van der Waals surface area (Å²) >= 11 is 0. The SMILES string of the molecule is CC(C)(O)C(=O)N1CC(O)C(O)C1. The predicted molar refractivity (Wildman–Crippen MR) is 44.9 cm³/mol. The molecule has 0 aromatic rings. The Morgan fingerprint density at radius 2 is 1.69 bits per heavy atom. The molecule has 0 saturated carbocycles. The highest BCUT2D eigenvalue weighted by molar-refractivity contribution is 5.84. The molecule has 5 nitrogen and oxygen atoms in total. The Kier molecular flexibility index (Phi) is 2.61. The summed E-state index contributed by atoms with van der Waals surface area (Å²) in [6.45, 7) is 2.94. The van der Waals surface area contributed by atoms with Crippen LogP contribution < -0.4 is 0 Å². The standard InChI is InChI=1S/C8H15NO4/c1-8(2,13)7(12)9-3-5(10)6(11)4-9/h5-6,10-11,13H,3-4H2,1-2H3. The van der Waals surface area contributed by atoms with Crippen LogP contribution in [0.3, 0.4) is 0 Å². The van der Waals surface area contributed by atoms with Gasteiger partial charge in [0.15, 0.2) is 0 Å². The lowest BCUT2D eigenvalue weighted by Gasteiger charge is -2.23. The minimum Gasteiger partial charge on any atom is -0.388 e. The van der Waals surface area contributed by atoms with Crippen LogP contribution in [0.2, 0.25) is 0 Å². The zero-order valence-electron chi connectivity index (χ0n) is 7.77. The van der Waals surface area contributed by atoms with E-state index in [1.54, 1.807) is 0 Å². The van der Waals surface area contributed by atoms with Crippen LogP contribution in [-0.2, 0) is 4.79 Å². The van der Waals surface area contributed by atoms with E-state index >= 15 is 0 Å². The summed E-state index contributed by atoms with van der Waals surface area (Å²) in [5, 5.41) is 27.7. The number of hydrogen-bond acceptors (Lipinski definition) is 4. The van der Waals surface area contributed by atoms with E-state index < -0.39 is 23.7 Å². The van der Waals surface area contributed by atoms with Gasteiger partial charge >= 0.3 is 0 Å². The molecule has 1 rings (SSSR count). The lowest BCUT2D eigenvalue weighted by Crippen LogP contribution is -2.44. The Hall–Kier alpha value is -0.650. The zero-order chi connectivity index (χ0) is 10.2. The fourth-order valence-electron chi connectivity index (χ4n) is 1.32. The van der Waals surface area contributed by atoms with Gasteiger partial charge in [0.2, 0.25) is 0 Å². The maximum Gasteiger partial charge on any atom is 0.254 e. The van der Waals surface area contributed by atoms with Crippen molar-refractivity contribution in [3.63, 3.8) is 0 Å². The molecule has 1 fully saturated rings. The molecule has 0 spiro atoms. The smallest absolute Gasteiger partial charge is 0.254 e. The van der Waals surface area contributed by atoms with Crippen LogP contribution in [0.15, 0.2) is 0 Å². The van der Waals surface area contributed by atoms with Crippen molar-refractivity contribution in [3.05, 3.63) is 0 Å². The van der Waals surface area contributed by atoms with E-state index in [2.05, 4.69) is 0 Å². The molecule has 13 heavy (non-hydrogen) atoms. The molecule has 0 radical (unpaired) electrons. The first-order valence-corrected chi connectivity index (χ1v) is 4.20. The van der Waals surface area contributed by atoms with Gasteiger partial charge in [-0.3, -0.25) is 4.79 Å². The van der Waals surface area contributed by atoms with E-state index in [-0.39, 0.29) is 13.1 Å². The van der Waals surface area contributed by atoms with Crippen molar-refractivity contribution in [2.24, 2.45) is 0 Å². The molecule has 0 bridgehead atoms. The van der Waals surface area contributed by atoms with Crippen molar-refractivity contribution in [2.45, 2.75) is 31.7 Å². The second kappa shape index (κ2) is 3.25. The minimum atomic E-state index is -1.44. The lowest BCUT2D eigenvalue weighted by molar-refractivity contribution is -0.147. The average molecular weight is 189 g/mol. The van der Waals surface area contributed by atoms with Gasteiger partial charge in [0.05, 0.1) is 12.2 Å². The van der Waals surface area contributed by atoms with Gasteiger partial charge in [-0.25, -0.2) is 0 Å². The molecule has 1 heterocycles. The number of nitrogens with zero attached hydrogens (tertiary/aromatic N) is 1. The van der Waals surface area contributed by atoms with E-state index in [0.29, 0.717) is 0 Å². The average Bonchev–Trinajstić information content (AvgIpc) is 2.29. The van der Waals surface area contributed by atoms with Gasteiger partial charge in [-0.05, 0) is 13.8 Å². The van der Waals surface area contributed by atoms with Gasteiger partial charge in [-0.15, -0.1) is 0 Å². The summed E-state index contributed by atoms with van der Waals surface area (Å²) in [6.07, 6.45) is -1.79. The molecule has 0 aromatic heterocycles. The Morgan fingerprint density at radius 1 is 1.31 bits per heavy atom. The quantitative estimate of drug-likeness (QED) is 0.460. The van der Waals surface area contributed by atoms with Crippen molar-refractivity contribution in [1.82, 2.24) is 4.90 Å². The maximum absolute atomic E-state index is 11.4. The topological polar surface area (TPSA) is 81.0 Å². The first-order chi connectivity index (χ1) is 5.82. The molecular weight excluding hydrogens is 174 g/mol. The van der Waals surface area contributed by atoms with Gasteiger partial charge < -0.3 is 20.2 Å². The molecule has 1 aliphatic rings. The summed E-state index contributed by atoms with van der Waals surface area (Å²) in [5.41, 5.74) is -1.44. The summed E-state index contributed by atoms with van der Waals surface area (Å²) in [4.78, 5) is 12.7. The monoisotopic (exact) mass is 189 g/mol. The van der Waals surface area contributed by atoms with Crippen LogP contribution >= 0.6 is 0 Å². The third-order valence-corrected chi connectivity index (χ3v) is 2.07. The molecular formula is C8H15NO4. The van der Waals surface area contributed by atoms with Crippen molar-refractivity contribution < 1.29 is 20.1 Å². The van der Waals surface area contributed by atoms with Crippen LogP contribution in [0.1, 0.15) is 13.8 Å². The summed E-state index contributed by atoms with van der Waals surface area (Å²) in [6, 6.07) is 0. The van der Waals surface area contributed by atoms with Gasteiger partial charge in [0, 0.05) is 13.1 Å². The number of carbonyl (C=O) groups is 1. The van der Waals surface area contributed by atoms with Crippen LogP contribution in [-0.4, -0.2) is 57.0 Å². The third-order valence-electron chi connectivity index (χ3n) is 2.07. The summed E-state index contributed by atoms with van der Waals surface area (Å²) in [5.74, 6) is -0.469. The van der Waals surface area contributed by atoms with Crippen molar-refractivity contribution in [2.75, 3.05) is 13.1 Å². The van der Waals surface area contributed by atoms with Crippen molar-refractivity contribution >= 4 is 5.91 Å². The van der Waals surface area contributed by atoms with Crippen LogP contribution in [0, 0.1) is 0 Å². The fraction of sp³-hybridized carbons (Fsp3) is 0.875. The Morgan fingerprint density at radius 3 is 2.00 bits per heavy atom. The van der Waals surface area contributed by atoms with Gasteiger partial charge in [-0.1, -0.05) is 0 Å². The molecule has 2 unspecified atom stereocenters. The Balaban J connectivity index is 2.61. The number of hydrogen-bond donors (Lipinski definition) is 3. The Labute approximate surface area is 76.6 Å². The highest BCUT2D eigenvalue weighted by Crippen LogP contribution is 2.15. The van der Waals surface area contributed by atoms with E-state index in [1.807, 2.05) is 0 Å². The first-order valence-electron chi connectivity index (χ1n) is 4.20. The van der Waals surface area contributed by atoms with Crippen molar-refractivity contribution in [3.8, 4) is 0 Å². The number of carbonyl (C=O) groups excluding carboxylic acids is 1. The summed E-state index contributed by atoms with van der Waals surface area (Å²) in [7, 11) is 0. The lowest BCUT2D eigenvalue weighted by atomic mass is 10.1. The number of amides is 1. The number of β-amino-alcohol motifs (C(OH)–C–C–N with tert-alkyl or cyclic N) is 2. The normalized spacial score (nSPS) is 29.5. The van der Waals surface area contributed by atoms with E-state index in [4.69, 9.17) is 10.2 Å². The number of aliphatic hydroxyl groups excluding tert-OH is 2. The highest BCUT2D eigenvalue weighted by Gasteiger charge is 2.37. The van der Waals surface area contributed by atoms with Gasteiger partial charge in [0.1, 0.15) is 5.60 Å². The van der Waals surface area contributed by atoms with E-state index in [1.165, 1.54) is 18.7 Å². The number of likely N-dealkylation sites (tertiary alicyclic amines) is 1. The minimum absolute atomic E-state index is 0.0873. The van der Waals surface area contributed by atoms with E-state index in [9.17, 15) is 9.90 Å². The third kappa shape index (κ3) is 2.18. The molecule has 3 N–H and O–H groups in total. The molecule has 0 aromatic carbocycles. The predicted octanol–water partition coefficient (Wildman–Crippen LogP) is -1.68. The zero-order valence-corrected chi connectivity index (χ0v) is 7.77. The van der Waals surface area contributed by atoms with Gasteiger partial charge in [-0.2, -0.15) is 0 Å². The van der Waals surface area contributed by atoms with Crippen LogP contribution in [0.25, 0.3) is 0 Å². The Bertz CT molecular complexity index is 201. The molecule has 5 heteroatoms. The molecule has 0 aliphatic carbocycles. The van der Waals surface area contributed by atoms with Crippen LogP contribution in [0.5, 0.6) is 0 Å². The second-order valence-corrected chi connectivity index (χ2v) is 3.90.